The summed E-state index contributed by atoms with van der Waals surface area (Å²) in [5.74, 6) is 0.0903. The molecule has 2 aromatic carbocycles. The van der Waals surface area contributed by atoms with Gasteiger partial charge in [-0.25, -0.2) is 4.79 Å². The Balaban J connectivity index is 2.04. The predicted molar refractivity (Wildman–Crippen MR) is 108 cm³/mol. The van der Waals surface area contributed by atoms with Crippen LogP contribution in [0.1, 0.15) is 53.0 Å². The molecule has 0 saturated carbocycles. The van der Waals surface area contributed by atoms with Crippen molar-refractivity contribution < 1.29 is 23.8 Å². The summed E-state index contributed by atoms with van der Waals surface area (Å²) in [6, 6.07) is 11.9. The molecule has 0 aromatic heterocycles. The number of unbranched alkanes of at least 4 members (excludes halogenated alkanes) is 1. The molecule has 28 heavy (non-hydrogen) atoms. The topological polar surface area (TPSA) is 73.9 Å². The van der Waals surface area contributed by atoms with Crippen molar-refractivity contribution in [2.24, 2.45) is 0 Å². The largest absolute Gasteiger partial charge is 0.494 e. The Kier molecular flexibility index (Phi) is 8.49. The van der Waals surface area contributed by atoms with E-state index in [1.54, 1.807) is 49.6 Å². The van der Waals surface area contributed by atoms with E-state index in [1.165, 1.54) is 0 Å². The van der Waals surface area contributed by atoms with Crippen LogP contribution in [-0.2, 0) is 16.1 Å². The third kappa shape index (κ3) is 6.09. The van der Waals surface area contributed by atoms with Gasteiger partial charge in [0.05, 0.1) is 25.4 Å². The molecule has 0 aliphatic carbocycles. The molecule has 0 atom stereocenters. The second-order valence-electron chi connectivity index (χ2n) is 6.21. The number of rotatable bonds is 10. The highest BCUT2D eigenvalue weighted by Crippen LogP contribution is 2.22. The van der Waals surface area contributed by atoms with E-state index in [0.717, 1.165) is 18.4 Å². The quantitative estimate of drug-likeness (QED) is 0.483. The molecule has 1 N–H and O–H groups in total. The van der Waals surface area contributed by atoms with Gasteiger partial charge in [0, 0.05) is 23.9 Å². The SMILES string of the molecule is CCCCOC(=O)c1ccc(NC(=O)c2ccc(OCC)c(COC)c2)cc1. The molecule has 0 unspecified atom stereocenters. The van der Waals surface area contributed by atoms with Crippen molar-refractivity contribution in [2.45, 2.75) is 33.3 Å². The first-order chi connectivity index (χ1) is 13.6. The number of carbonyl (C=O) groups is 2. The van der Waals surface area contributed by atoms with Crippen molar-refractivity contribution in [3.05, 3.63) is 59.2 Å². The number of hydrogen-bond donors (Lipinski definition) is 1. The van der Waals surface area contributed by atoms with Gasteiger partial charge in [-0.3, -0.25) is 4.79 Å². The zero-order chi connectivity index (χ0) is 20.4. The van der Waals surface area contributed by atoms with E-state index in [1.807, 2.05) is 13.8 Å². The van der Waals surface area contributed by atoms with E-state index in [4.69, 9.17) is 14.2 Å². The number of nitrogens with one attached hydrogen (secondary N) is 1. The van der Waals surface area contributed by atoms with Crippen LogP contribution in [0.4, 0.5) is 5.69 Å². The fourth-order valence-electron chi connectivity index (χ4n) is 2.57. The summed E-state index contributed by atoms with van der Waals surface area (Å²) in [4.78, 5) is 24.5. The standard InChI is InChI=1S/C22H27NO5/c1-4-6-13-28-22(25)16-7-10-19(11-8-16)23-21(24)17-9-12-20(27-5-2)18(14-17)15-26-3/h7-12,14H,4-6,13,15H2,1-3H3,(H,23,24). The van der Waals surface area contributed by atoms with Gasteiger partial charge in [0.2, 0.25) is 0 Å². The first-order valence-electron chi connectivity index (χ1n) is 9.42. The van der Waals surface area contributed by atoms with Crippen molar-refractivity contribution in [3.63, 3.8) is 0 Å². The number of amides is 1. The highest BCUT2D eigenvalue weighted by molar-refractivity contribution is 6.04. The lowest BCUT2D eigenvalue weighted by molar-refractivity contribution is 0.0499. The summed E-state index contributed by atoms with van der Waals surface area (Å²) in [5.41, 5.74) is 2.36. The van der Waals surface area contributed by atoms with Crippen LogP contribution < -0.4 is 10.1 Å². The fraction of sp³-hybridized carbons (Fsp3) is 0.364. The fourth-order valence-corrected chi connectivity index (χ4v) is 2.57. The minimum atomic E-state index is -0.359. The highest BCUT2D eigenvalue weighted by atomic mass is 16.5. The average Bonchev–Trinajstić information content (AvgIpc) is 2.70. The van der Waals surface area contributed by atoms with Crippen LogP contribution in [-0.4, -0.2) is 32.2 Å². The molecule has 0 aliphatic heterocycles. The van der Waals surface area contributed by atoms with Crippen molar-refractivity contribution >= 4 is 17.6 Å². The van der Waals surface area contributed by atoms with Gasteiger partial charge in [-0.2, -0.15) is 0 Å². The summed E-state index contributed by atoms with van der Waals surface area (Å²) in [7, 11) is 1.59. The number of methoxy groups -OCH3 is 1. The molecule has 150 valence electrons. The van der Waals surface area contributed by atoms with Crippen molar-refractivity contribution in [3.8, 4) is 5.75 Å². The minimum Gasteiger partial charge on any atom is -0.494 e. The number of benzene rings is 2. The second kappa shape index (κ2) is 11.1. The molecule has 6 heteroatoms. The lowest BCUT2D eigenvalue weighted by Gasteiger charge is -2.12. The molecular formula is C22H27NO5. The molecule has 0 fully saturated rings. The molecule has 0 bridgehead atoms. The Morgan fingerprint density at radius 1 is 1.00 bits per heavy atom. The maximum atomic E-state index is 12.5. The van der Waals surface area contributed by atoms with Crippen molar-refractivity contribution in [2.75, 3.05) is 25.6 Å². The van der Waals surface area contributed by atoms with Crippen LogP contribution in [0, 0.1) is 0 Å². The van der Waals surface area contributed by atoms with Gasteiger partial charge in [0.25, 0.3) is 5.91 Å². The van der Waals surface area contributed by atoms with Crippen LogP contribution in [0.25, 0.3) is 0 Å². The first-order valence-corrected chi connectivity index (χ1v) is 9.42. The van der Waals surface area contributed by atoms with Crippen molar-refractivity contribution in [1.82, 2.24) is 0 Å². The number of hydrogen-bond acceptors (Lipinski definition) is 5. The molecule has 6 nitrogen and oxygen atoms in total. The number of anilines is 1. The lowest BCUT2D eigenvalue weighted by atomic mass is 10.1. The predicted octanol–water partition coefficient (Wildman–Crippen LogP) is 4.44. The third-order valence-electron chi connectivity index (χ3n) is 4.03. The lowest BCUT2D eigenvalue weighted by Crippen LogP contribution is -2.13. The molecule has 2 rings (SSSR count). The van der Waals surface area contributed by atoms with Gasteiger partial charge in [0.1, 0.15) is 5.75 Å². The van der Waals surface area contributed by atoms with E-state index in [9.17, 15) is 9.59 Å². The molecule has 0 saturated heterocycles. The summed E-state index contributed by atoms with van der Waals surface area (Å²) in [6.07, 6.45) is 1.81. The molecular weight excluding hydrogens is 358 g/mol. The Bertz CT molecular complexity index is 786. The van der Waals surface area contributed by atoms with Crippen molar-refractivity contribution in [1.29, 1.82) is 0 Å². The zero-order valence-electron chi connectivity index (χ0n) is 16.6. The van der Waals surface area contributed by atoms with Gasteiger partial charge in [-0.1, -0.05) is 13.3 Å². The van der Waals surface area contributed by atoms with Gasteiger partial charge in [-0.05, 0) is 55.8 Å². The van der Waals surface area contributed by atoms with Crippen LogP contribution in [0.15, 0.2) is 42.5 Å². The number of ether oxygens (including phenoxy) is 3. The molecule has 0 radical (unpaired) electrons. The Hall–Kier alpha value is -2.86. The smallest absolute Gasteiger partial charge is 0.338 e. The van der Waals surface area contributed by atoms with Gasteiger partial charge >= 0.3 is 5.97 Å². The van der Waals surface area contributed by atoms with E-state index >= 15 is 0 Å². The Labute approximate surface area is 165 Å². The second-order valence-corrected chi connectivity index (χ2v) is 6.21. The van der Waals surface area contributed by atoms with Crippen LogP contribution in [0.2, 0.25) is 0 Å². The first kappa shape index (κ1) is 21.4. The molecule has 1 amide bonds. The van der Waals surface area contributed by atoms with Crippen LogP contribution in [0.3, 0.4) is 0 Å². The van der Waals surface area contributed by atoms with Crippen LogP contribution in [0.5, 0.6) is 5.75 Å². The zero-order valence-corrected chi connectivity index (χ0v) is 16.6. The molecule has 2 aromatic rings. The third-order valence-corrected chi connectivity index (χ3v) is 4.03. The van der Waals surface area contributed by atoms with E-state index < -0.39 is 0 Å². The molecule has 0 aliphatic rings. The van der Waals surface area contributed by atoms with Gasteiger partial charge in [0.15, 0.2) is 0 Å². The van der Waals surface area contributed by atoms with Gasteiger partial charge in [-0.15, -0.1) is 0 Å². The number of esters is 1. The average molecular weight is 385 g/mol. The van der Waals surface area contributed by atoms with E-state index in [2.05, 4.69) is 5.32 Å². The molecule has 0 heterocycles. The summed E-state index contributed by atoms with van der Waals surface area (Å²) < 4.78 is 15.9. The monoisotopic (exact) mass is 385 g/mol. The number of carbonyl (C=O) groups excluding carboxylic acids is 2. The Morgan fingerprint density at radius 2 is 1.71 bits per heavy atom. The van der Waals surface area contributed by atoms with E-state index in [-0.39, 0.29) is 11.9 Å². The Morgan fingerprint density at radius 3 is 2.36 bits per heavy atom. The van der Waals surface area contributed by atoms with Crippen LogP contribution >= 0.6 is 0 Å². The maximum absolute atomic E-state index is 12.5. The summed E-state index contributed by atoms with van der Waals surface area (Å²) in [6.45, 7) is 5.24. The summed E-state index contributed by atoms with van der Waals surface area (Å²) >= 11 is 0. The van der Waals surface area contributed by atoms with E-state index in [0.29, 0.717) is 42.4 Å². The van der Waals surface area contributed by atoms with Gasteiger partial charge < -0.3 is 19.5 Å². The summed E-state index contributed by atoms with van der Waals surface area (Å²) in [5, 5.41) is 2.82. The minimum absolute atomic E-state index is 0.251. The molecule has 0 spiro atoms. The maximum Gasteiger partial charge on any atom is 0.338 e. The highest BCUT2D eigenvalue weighted by Gasteiger charge is 2.12. The normalized spacial score (nSPS) is 10.4.